The van der Waals surface area contributed by atoms with E-state index in [9.17, 15) is 14.9 Å². The lowest BCUT2D eigenvalue weighted by Gasteiger charge is -2.09. The molecule has 5 nitrogen and oxygen atoms in total. The summed E-state index contributed by atoms with van der Waals surface area (Å²) < 4.78 is 5.36. The van der Waals surface area contributed by atoms with E-state index < -0.39 is 10.9 Å². The molecular weight excluding hydrogens is 318 g/mol. The number of esters is 1. The maximum Gasteiger partial charge on any atom is 0.343 e. The Morgan fingerprint density at radius 3 is 2.43 bits per heavy atom. The minimum atomic E-state index is -0.595. The molecule has 116 valence electrons. The topological polar surface area (TPSA) is 69.4 Å². The third kappa shape index (κ3) is 4.79. The Kier molecular flexibility index (Phi) is 5.66. The van der Waals surface area contributed by atoms with Crippen molar-refractivity contribution >= 4 is 22.6 Å². The van der Waals surface area contributed by atoms with E-state index in [1.165, 1.54) is 12.2 Å². The van der Waals surface area contributed by atoms with Crippen molar-refractivity contribution in [2.45, 2.75) is 0 Å². The molecule has 0 amide bonds. The summed E-state index contributed by atoms with van der Waals surface area (Å²) in [6.45, 7) is 0. The number of para-hydroxylation sites is 1. The average molecular weight is 330 g/mol. The van der Waals surface area contributed by atoms with Gasteiger partial charge in [-0.2, -0.15) is 0 Å². The number of rotatable bonds is 5. The summed E-state index contributed by atoms with van der Waals surface area (Å²) in [5.41, 5.74) is 0.877. The molecule has 0 atom stereocenters. The zero-order valence-corrected chi connectivity index (χ0v) is 12.6. The van der Waals surface area contributed by atoms with E-state index in [4.69, 9.17) is 16.3 Å². The van der Waals surface area contributed by atoms with Crippen molar-refractivity contribution < 1.29 is 14.5 Å². The lowest BCUT2D eigenvalue weighted by atomic mass is 10.1. The van der Waals surface area contributed by atoms with Crippen LogP contribution >= 0.6 is 11.6 Å². The van der Waals surface area contributed by atoms with Gasteiger partial charge in [0.1, 0.15) is 5.75 Å². The highest BCUT2D eigenvalue weighted by Crippen LogP contribution is 2.29. The van der Waals surface area contributed by atoms with Gasteiger partial charge in [-0.25, -0.2) is 4.79 Å². The first-order valence-electron chi connectivity index (χ1n) is 6.62. The molecule has 6 heteroatoms. The molecule has 0 fully saturated rings. The highest BCUT2D eigenvalue weighted by atomic mass is 35.5. The zero-order chi connectivity index (χ0) is 16.7. The van der Waals surface area contributed by atoms with E-state index in [1.54, 1.807) is 54.6 Å². The number of hydrogen-bond acceptors (Lipinski definition) is 4. The average Bonchev–Trinajstić information content (AvgIpc) is 2.55. The molecule has 0 aromatic heterocycles. The zero-order valence-electron chi connectivity index (χ0n) is 11.9. The van der Waals surface area contributed by atoms with Crippen LogP contribution in [0.25, 0.3) is 5.03 Å². The van der Waals surface area contributed by atoms with Crippen LogP contribution in [0, 0.1) is 10.1 Å². The molecule has 23 heavy (non-hydrogen) atoms. The minimum Gasteiger partial charge on any atom is -0.422 e. The highest BCUT2D eigenvalue weighted by molar-refractivity contribution is 6.49. The number of carbonyl (C=O) groups is 1. The Labute approximate surface area is 137 Å². The number of nitro groups is 1. The molecule has 0 unspecified atom stereocenters. The Balaban J connectivity index is 2.24. The minimum absolute atomic E-state index is 0.222. The van der Waals surface area contributed by atoms with Crippen LogP contribution < -0.4 is 4.74 Å². The predicted molar refractivity (Wildman–Crippen MR) is 87.8 cm³/mol. The van der Waals surface area contributed by atoms with Crippen molar-refractivity contribution in [3.8, 4) is 5.75 Å². The summed E-state index contributed by atoms with van der Waals surface area (Å²) in [4.78, 5) is 21.8. The molecular formula is C17H12ClNO4. The van der Waals surface area contributed by atoms with Crippen LogP contribution in [0.3, 0.4) is 0 Å². The van der Waals surface area contributed by atoms with Gasteiger partial charge in [0.2, 0.25) is 6.20 Å². The van der Waals surface area contributed by atoms with Crippen molar-refractivity contribution in [1.82, 2.24) is 0 Å². The van der Waals surface area contributed by atoms with Crippen molar-refractivity contribution in [2.24, 2.45) is 0 Å². The molecule has 2 rings (SSSR count). The Morgan fingerprint density at radius 1 is 1.09 bits per heavy atom. The molecule has 0 N–H and O–H groups in total. The number of carbonyl (C=O) groups excluding carboxylic acids is 1. The predicted octanol–water partition coefficient (Wildman–Crippen LogP) is 4.28. The van der Waals surface area contributed by atoms with Gasteiger partial charge in [-0.15, -0.1) is 0 Å². The first kappa shape index (κ1) is 16.5. The molecule has 0 spiro atoms. The van der Waals surface area contributed by atoms with Gasteiger partial charge < -0.3 is 4.74 Å². The Hall–Kier alpha value is -2.92. The summed E-state index contributed by atoms with van der Waals surface area (Å²) in [6, 6.07) is 15.2. The smallest absolute Gasteiger partial charge is 0.343 e. The third-order valence-corrected chi connectivity index (χ3v) is 3.14. The van der Waals surface area contributed by atoms with Crippen molar-refractivity contribution in [1.29, 1.82) is 0 Å². The van der Waals surface area contributed by atoms with Gasteiger partial charge in [-0.3, -0.25) is 10.1 Å². The number of hydrogen-bond donors (Lipinski definition) is 0. The van der Waals surface area contributed by atoms with E-state index in [-0.39, 0.29) is 10.8 Å². The van der Waals surface area contributed by atoms with Crippen LogP contribution in [-0.2, 0) is 0 Å². The molecule has 0 saturated carbocycles. The van der Waals surface area contributed by atoms with E-state index in [1.807, 2.05) is 0 Å². The second-order valence-electron chi connectivity index (χ2n) is 4.39. The van der Waals surface area contributed by atoms with Crippen LogP contribution in [-0.4, -0.2) is 10.9 Å². The summed E-state index contributed by atoms with van der Waals surface area (Å²) in [7, 11) is 0. The molecule has 0 radical (unpaired) electrons. The number of ether oxygens (including phenoxy) is 1. The van der Waals surface area contributed by atoms with Crippen LogP contribution in [0.4, 0.5) is 0 Å². The molecule has 2 aromatic rings. The third-order valence-electron chi connectivity index (χ3n) is 2.81. The van der Waals surface area contributed by atoms with Crippen molar-refractivity contribution in [3.05, 3.63) is 94.2 Å². The number of allylic oxidation sites excluding steroid dienone is 2. The van der Waals surface area contributed by atoms with Crippen molar-refractivity contribution in [3.63, 3.8) is 0 Å². The SMILES string of the molecule is O=C(Oc1ccccc1C(Cl)=CC=C[N+](=O)[O-])c1ccccc1. The maximum absolute atomic E-state index is 12.1. The van der Waals surface area contributed by atoms with Gasteiger partial charge in [0, 0.05) is 11.6 Å². The van der Waals surface area contributed by atoms with Gasteiger partial charge >= 0.3 is 5.97 Å². The number of benzene rings is 2. The first-order chi connectivity index (χ1) is 11.1. The summed E-state index contributed by atoms with van der Waals surface area (Å²) in [5.74, 6) is -0.236. The summed E-state index contributed by atoms with van der Waals surface area (Å²) in [5, 5.41) is 10.5. The normalized spacial score (nSPS) is 11.4. The monoisotopic (exact) mass is 329 g/mol. The van der Waals surface area contributed by atoms with Gasteiger partial charge in [0.25, 0.3) is 0 Å². The Bertz CT molecular complexity index is 769. The van der Waals surface area contributed by atoms with Gasteiger partial charge in [-0.05, 0) is 30.3 Å². The van der Waals surface area contributed by atoms with E-state index >= 15 is 0 Å². The standard InChI is InChI=1S/C17H12ClNO4/c18-15(10-6-12-19(21)22)14-9-4-5-11-16(14)23-17(20)13-7-2-1-3-8-13/h1-12H. The second-order valence-corrected chi connectivity index (χ2v) is 4.80. The maximum atomic E-state index is 12.1. The molecule has 0 saturated heterocycles. The molecule has 0 heterocycles. The van der Waals surface area contributed by atoms with Gasteiger partial charge in [0.05, 0.1) is 15.5 Å². The number of nitrogens with zero attached hydrogens (tertiary/aromatic N) is 1. The highest BCUT2D eigenvalue weighted by Gasteiger charge is 2.12. The molecule has 0 bridgehead atoms. The second kappa shape index (κ2) is 7.91. The quantitative estimate of drug-likeness (QED) is 0.270. The Morgan fingerprint density at radius 2 is 1.74 bits per heavy atom. The largest absolute Gasteiger partial charge is 0.422 e. The van der Waals surface area contributed by atoms with E-state index in [0.29, 0.717) is 11.1 Å². The van der Waals surface area contributed by atoms with Crippen molar-refractivity contribution in [2.75, 3.05) is 0 Å². The summed E-state index contributed by atoms with van der Waals surface area (Å²) in [6.07, 6.45) is 3.33. The van der Waals surface area contributed by atoms with Gasteiger partial charge in [-0.1, -0.05) is 41.9 Å². The van der Waals surface area contributed by atoms with Crippen LogP contribution in [0.2, 0.25) is 0 Å². The van der Waals surface area contributed by atoms with Crippen LogP contribution in [0.1, 0.15) is 15.9 Å². The lowest BCUT2D eigenvalue weighted by molar-refractivity contribution is -0.402. The first-order valence-corrected chi connectivity index (χ1v) is 7.00. The fourth-order valence-electron chi connectivity index (χ4n) is 1.77. The van der Waals surface area contributed by atoms with E-state index in [0.717, 1.165) is 6.20 Å². The fraction of sp³-hybridized carbons (Fsp3) is 0. The number of halogens is 1. The lowest BCUT2D eigenvalue weighted by Crippen LogP contribution is -2.09. The summed E-state index contributed by atoms with van der Waals surface area (Å²) >= 11 is 6.12. The van der Waals surface area contributed by atoms with Crippen LogP contribution in [0.5, 0.6) is 5.75 Å². The van der Waals surface area contributed by atoms with Gasteiger partial charge in [0.15, 0.2) is 0 Å². The fourth-order valence-corrected chi connectivity index (χ4v) is 2.00. The van der Waals surface area contributed by atoms with Crippen LogP contribution in [0.15, 0.2) is 72.9 Å². The molecule has 0 aliphatic rings. The van der Waals surface area contributed by atoms with E-state index in [2.05, 4.69) is 0 Å². The molecule has 2 aromatic carbocycles. The molecule has 0 aliphatic heterocycles. The molecule has 0 aliphatic carbocycles.